The van der Waals surface area contributed by atoms with Crippen LogP contribution in [-0.4, -0.2) is 13.2 Å². The van der Waals surface area contributed by atoms with Crippen LogP contribution in [0.2, 0.25) is 0 Å². The van der Waals surface area contributed by atoms with Crippen molar-refractivity contribution in [3.63, 3.8) is 0 Å². The molecule has 0 aromatic heterocycles. The van der Waals surface area contributed by atoms with E-state index < -0.39 is 0 Å². The molecular weight excluding hydrogens is 444 g/mol. The van der Waals surface area contributed by atoms with Crippen molar-refractivity contribution in [2.24, 2.45) is 0 Å². The number of halogens is 3. The Morgan fingerprint density at radius 1 is 1.00 bits per heavy atom. The van der Waals surface area contributed by atoms with E-state index in [9.17, 15) is 0 Å². The first kappa shape index (κ1) is 22.5. The van der Waals surface area contributed by atoms with Crippen molar-refractivity contribution in [1.82, 2.24) is 0 Å². The number of rotatable bonds is 0. The van der Waals surface area contributed by atoms with E-state index in [0.29, 0.717) is 0 Å². The molecule has 0 aliphatic carbocycles. The van der Waals surface area contributed by atoms with E-state index in [4.69, 9.17) is 0 Å². The van der Waals surface area contributed by atoms with Crippen LogP contribution in [0.25, 0.3) is 0 Å². The van der Waals surface area contributed by atoms with E-state index in [-0.39, 0.29) is 101 Å². The molecule has 1 saturated heterocycles. The second-order valence-corrected chi connectivity index (χ2v) is 0.612. The quantitative estimate of drug-likeness (QED) is 0.203. The van der Waals surface area contributed by atoms with Gasteiger partial charge in [0.2, 0.25) is 24.0 Å². The minimum Gasteiger partial charge on any atom is -1.00 e. The molecule has 0 aromatic carbocycles. The maximum absolute atomic E-state index is 4.50. The number of ether oxygens (including phenoxy) is 1. The molecule has 1 nitrogen and oxygen atoms in total. The zero-order valence-corrected chi connectivity index (χ0v) is 12.9. The van der Waals surface area contributed by atoms with Crippen molar-refractivity contribution in [2.75, 3.05) is 13.2 Å². The van der Waals surface area contributed by atoms with Crippen LogP contribution in [0.1, 0.15) is 0 Å². The van der Waals surface area contributed by atoms with Gasteiger partial charge < -0.3 is 52.7 Å². The standard InChI is InChI=1S/C2H4O.H2I.2HI.Na/c1-2-3-1;;;;/h1-2H2;1H2;2*1H;/q;+1;;;+1/p-2. The summed E-state index contributed by atoms with van der Waals surface area (Å²) in [5.41, 5.74) is 0. The third-order valence-electron chi connectivity index (χ3n) is 0.204. The molecule has 1 aliphatic rings. The predicted octanol–water partition coefficient (Wildman–Crippen LogP) is -12.5. The van der Waals surface area contributed by atoms with Crippen molar-refractivity contribution < 1.29 is 106 Å². The van der Waals surface area contributed by atoms with E-state index in [1.807, 2.05) is 0 Å². The van der Waals surface area contributed by atoms with Gasteiger partial charge in [0, 0.05) is 0 Å². The van der Waals surface area contributed by atoms with E-state index in [1.165, 1.54) is 0 Å². The van der Waals surface area contributed by atoms with Crippen LogP contribution >= 0.6 is 0 Å². The summed E-state index contributed by atoms with van der Waals surface area (Å²) in [5.74, 6) is 0. The SMILES string of the molecule is C1CO1.[I-].[I-].[IH2+].[Na+]. The maximum atomic E-state index is 4.50. The smallest absolute Gasteiger partial charge is 1.00 e. The Balaban J connectivity index is -0.0000000112. The average molecular weight is 450 g/mol. The molecule has 1 heterocycles. The second kappa shape index (κ2) is 16.1. The van der Waals surface area contributed by atoms with Gasteiger partial charge in [0.15, 0.2) is 0 Å². The fraction of sp³-hybridized carbons (Fsp3) is 1.00. The second-order valence-electron chi connectivity index (χ2n) is 0.612. The molecule has 1 aliphatic heterocycles. The largest absolute Gasteiger partial charge is 1.00 e. The summed E-state index contributed by atoms with van der Waals surface area (Å²) in [6.45, 7) is 2.00. The minimum atomic E-state index is 0. The van der Waals surface area contributed by atoms with E-state index in [1.54, 1.807) is 0 Å². The summed E-state index contributed by atoms with van der Waals surface area (Å²) in [6.07, 6.45) is 0. The van der Waals surface area contributed by atoms with Crippen LogP contribution < -0.4 is 101 Å². The minimum absolute atomic E-state index is 0. The summed E-state index contributed by atoms with van der Waals surface area (Å²) < 4.78 is 4.50. The van der Waals surface area contributed by atoms with Gasteiger partial charge in [-0.2, -0.15) is 0 Å². The summed E-state index contributed by atoms with van der Waals surface area (Å²) in [4.78, 5) is 0. The average Bonchev–Trinajstić information content (AvgIpc) is 1.46. The molecule has 0 amide bonds. The van der Waals surface area contributed by atoms with E-state index in [0.717, 1.165) is 13.2 Å². The van der Waals surface area contributed by atoms with Crippen LogP contribution in [0.15, 0.2) is 0 Å². The molecule has 7 heavy (non-hydrogen) atoms. The zero-order valence-electron chi connectivity index (χ0n) is 4.03. The van der Waals surface area contributed by atoms with Gasteiger partial charge in [-0.05, 0) is 0 Å². The van der Waals surface area contributed by atoms with E-state index in [2.05, 4.69) is 4.74 Å². The molecule has 0 saturated carbocycles. The van der Waals surface area contributed by atoms with Crippen LogP contribution in [0.5, 0.6) is 0 Å². The molecule has 1 rings (SSSR count). The number of hydrogen-bond donors (Lipinski definition) is 0. The fourth-order valence-corrected chi connectivity index (χ4v) is 0. The van der Waals surface area contributed by atoms with Crippen molar-refractivity contribution in [2.45, 2.75) is 0 Å². The third kappa shape index (κ3) is 27.2. The van der Waals surface area contributed by atoms with Gasteiger partial charge >= 0.3 is 29.6 Å². The molecule has 0 unspecified atom stereocenters. The summed E-state index contributed by atoms with van der Waals surface area (Å²) in [6, 6.07) is 0. The Morgan fingerprint density at radius 2 is 1.14 bits per heavy atom. The molecule has 42 valence electrons. The first-order valence-corrected chi connectivity index (χ1v) is 1.08. The molecule has 0 atom stereocenters. The van der Waals surface area contributed by atoms with Crippen molar-refractivity contribution in [3.8, 4) is 0 Å². The topological polar surface area (TPSA) is 12.5 Å². The van der Waals surface area contributed by atoms with Crippen molar-refractivity contribution >= 4 is 0 Å². The predicted molar refractivity (Wildman–Crippen MR) is 13.6 cm³/mol. The molecular formula is C2H6I3NaO. The monoisotopic (exact) mass is 450 g/mol. The molecule has 0 radical (unpaired) electrons. The molecule has 0 bridgehead atoms. The molecule has 1 fully saturated rings. The van der Waals surface area contributed by atoms with Gasteiger partial charge in [-0.15, -0.1) is 0 Å². The fourth-order valence-electron chi connectivity index (χ4n) is 0. The van der Waals surface area contributed by atoms with Gasteiger partial charge in [0.25, 0.3) is 0 Å². The molecule has 0 N–H and O–H groups in total. The van der Waals surface area contributed by atoms with E-state index >= 15 is 0 Å². The van der Waals surface area contributed by atoms with Crippen LogP contribution in [0, 0.1) is 0 Å². The first-order valence-electron chi connectivity index (χ1n) is 1.08. The van der Waals surface area contributed by atoms with Crippen LogP contribution in [-0.2, 0) is 4.74 Å². The Labute approximate surface area is 117 Å². The van der Waals surface area contributed by atoms with Gasteiger partial charge in [-0.3, -0.25) is 0 Å². The Kier molecular flexibility index (Phi) is 51.6. The third-order valence-corrected chi connectivity index (χ3v) is 0.204. The molecule has 0 aromatic rings. The van der Waals surface area contributed by atoms with Crippen molar-refractivity contribution in [1.29, 1.82) is 0 Å². The molecule has 5 heteroatoms. The Morgan fingerprint density at radius 3 is 1.14 bits per heavy atom. The summed E-state index contributed by atoms with van der Waals surface area (Å²) in [7, 11) is 0. The zero-order chi connectivity index (χ0) is 2.12. The van der Waals surface area contributed by atoms with Gasteiger partial charge in [0.1, 0.15) is 0 Å². The molecule has 0 spiro atoms. The first-order chi connectivity index (χ1) is 1.50. The van der Waals surface area contributed by atoms with Gasteiger partial charge in [-0.1, -0.05) is 0 Å². The Hall–Kier alpha value is 3.15. The van der Waals surface area contributed by atoms with Gasteiger partial charge in [-0.25, -0.2) is 0 Å². The Bertz CT molecular complexity index is 17.7. The normalized spacial score (nSPS) is 10.3. The van der Waals surface area contributed by atoms with Crippen LogP contribution in [0.3, 0.4) is 0 Å². The summed E-state index contributed by atoms with van der Waals surface area (Å²) >= 11 is 0. The maximum Gasteiger partial charge on any atom is 1.00 e. The summed E-state index contributed by atoms with van der Waals surface area (Å²) in [5, 5.41) is 0. The number of hydrogen-bond acceptors (Lipinski definition) is 1. The van der Waals surface area contributed by atoms with Crippen molar-refractivity contribution in [3.05, 3.63) is 0 Å². The van der Waals surface area contributed by atoms with Gasteiger partial charge in [0.05, 0.1) is 13.2 Å². The number of epoxide rings is 1. The van der Waals surface area contributed by atoms with Crippen LogP contribution in [0.4, 0.5) is 0 Å².